The predicted molar refractivity (Wildman–Crippen MR) is 83.7 cm³/mol. The Morgan fingerprint density at radius 2 is 1.45 bits per heavy atom. The Balaban J connectivity index is 3.21. The monoisotopic (exact) mass is 284 g/mol. The molecule has 0 aliphatic carbocycles. The van der Waals surface area contributed by atoms with E-state index in [0.29, 0.717) is 6.61 Å². The minimum atomic E-state index is -0.592. The van der Waals surface area contributed by atoms with Crippen molar-refractivity contribution in [2.24, 2.45) is 0 Å². The Labute approximate surface area is 124 Å². The molecular weight excluding hydrogens is 252 g/mol. The lowest BCUT2D eigenvalue weighted by Crippen LogP contribution is -2.04. The molecule has 0 aromatic carbocycles. The summed E-state index contributed by atoms with van der Waals surface area (Å²) in [5, 5.41) is 0. The van der Waals surface area contributed by atoms with E-state index in [4.69, 9.17) is 9.47 Å². The second-order valence-electron chi connectivity index (χ2n) is 5.21. The molecule has 0 bridgehead atoms. The molecule has 0 aliphatic rings. The SMILES string of the molecule is CCCCCCCCCC/C=C/OC(=O)OCCCC. The van der Waals surface area contributed by atoms with Gasteiger partial charge in [0.1, 0.15) is 0 Å². The van der Waals surface area contributed by atoms with Crippen molar-refractivity contribution in [3.63, 3.8) is 0 Å². The quantitative estimate of drug-likeness (QED) is 0.237. The first kappa shape index (κ1) is 19.0. The van der Waals surface area contributed by atoms with E-state index in [1.54, 1.807) is 0 Å². The van der Waals surface area contributed by atoms with Gasteiger partial charge in [0, 0.05) is 0 Å². The summed E-state index contributed by atoms with van der Waals surface area (Å²) in [7, 11) is 0. The normalized spacial score (nSPS) is 10.9. The van der Waals surface area contributed by atoms with Crippen LogP contribution in [-0.4, -0.2) is 12.8 Å². The number of carbonyl (C=O) groups excluding carboxylic acids is 1. The third-order valence-corrected chi connectivity index (χ3v) is 3.20. The molecule has 0 spiro atoms. The molecule has 0 rings (SSSR count). The second kappa shape index (κ2) is 16.1. The Morgan fingerprint density at radius 3 is 2.10 bits per heavy atom. The number of hydrogen-bond donors (Lipinski definition) is 0. The third-order valence-electron chi connectivity index (χ3n) is 3.20. The van der Waals surface area contributed by atoms with Crippen molar-refractivity contribution < 1.29 is 14.3 Å². The first-order valence-corrected chi connectivity index (χ1v) is 8.29. The average Bonchev–Trinajstić information content (AvgIpc) is 2.45. The van der Waals surface area contributed by atoms with Crippen LogP contribution >= 0.6 is 0 Å². The maximum Gasteiger partial charge on any atom is 0.513 e. The van der Waals surface area contributed by atoms with Gasteiger partial charge in [-0.25, -0.2) is 4.79 Å². The Kier molecular flexibility index (Phi) is 15.3. The molecule has 0 radical (unpaired) electrons. The topological polar surface area (TPSA) is 35.5 Å². The van der Waals surface area contributed by atoms with Gasteiger partial charge >= 0.3 is 6.16 Å². The number of ether oxygens (including phenoxy) is 2. The molecule has 3 heteroatoms. The third kappa shape index (κ3) is 15.1. The summed E-state index contributed by atoms with van der Waals surface area (Å²) < 4.78 is 9.68. The molecule has 0 saturated heterocycles. The molecule has 0 amide bonds. The van der Waals surface area contributed by atoms with E-state index in [0.717, 1.165) is 19.3 Å². The van der Waals surface area contributed by atoms with E-state index in [9.17, 15) is 4.79 Å². The van der Waals surface area contributed by atoms with Crippen LogP contribution in [0.2, 0.25) is 0 Å². The number of rotatable bonds is 13. The fourth-order valence-corrected chi connectivity index (χ4v) is 1.90. The second-order valence-corrected chi connectivity index (χ2v) is 5.21. The van der Waals surface area contributed by atoms with Crippen LogP contribution in [0.3, 0.4) is 0 Å². The minimum Gasteiger partial charge on any atom is -0.434 e. The van der Waals surface area contributed by atoms with Gasteiger partial charge in [-0.3, -0.25) is 0 Å². The highest BCUT2D eigenvalue weighted by Gasteiger charge is 1.99. The van der Waals surface area contributed by atoms with Gasteiger partial charge in [0.15, 0.2) is 0 Å². The molecule has 0 fully saturated rings. The summed E-state index contributed by atoms with van der Waals surface area (Å²) in [6, 6.07) is 0. The molecule has 118 valence electrons. The molecule has 0 saturated carbocycles. The molecule has 20 heavy (non-hydrogen) atoms. The Morgan fingerprint density at radius 1 is 0.850 bits per heavy atom. The molecular formula is C17H32O3. The van der Waals surface area contributed by atoms with Crippen molar-refractivity contribution in [2.45, 2.75) is 84.5 Å². The van der Waals surface area contributed by atoms with Gasteiger partial charge < -0.3 is 9.47 Å². The van der Waals surface area contributed by atoms with Crippen molar-refractivity contribution in [1.82, 2.24) is 0 Å². The summed E-state index contributed by atoms with van der Waals surface area (Å²) in [6.07, 6.45) is 16.2. The van der Waals surface area contributed by atoms with Gasteiger partial charge in [-0.2, -0.15) is 0 Å². The molecule has 0 N–H and O–H groups in total. The van der Waals surface area contributed by atoms with E-state index in [1.165, 1.54) is 57.6 Å². The van der Waals surface area contributed by atoms with Gasteiger partial charge in [0.05, 0.1) is 12.9 Å². The van der Waals surface area contributed by atoms with Crippen LogP contribution < -0.4 is 0 Å². The van der Waals surface area contributed by atoms with Gasteiger partial charge in [-0.05, 0) is 25.3 Å². The fraction of sp³-hybridized carbons (Fsp3) is 0.824. The average molecular weight is 284 g/mol. The summed E-state index contributed by atoms with van der Waals surface area (Å²) in [5.74, 6) is 0. The van der Waals surface area contributed by atoms with Gasteiger partial charge in [-0.1, -0.05) is 65.2 Å². The molecule has 0 aromatic rings. The molecule has 0 aliphatic heterocycles. The largest absolute Gasteiger partial charge is 0.513 e. The van der Waals surface area contributed by atoms with Crippen molar-refractivity contribution in [3.8, 4) is 0 Å². The number of allylic oxidation sites excluding steroid dienone is 1. The van der Waals surface area contributed by atoms with Crippen LogP contribution in [0.25, 0.3) is 0 Å². The highest BCUT2D eigenvalue weighted by atomic mass is 16.7. The van der Waals surface area contributed by atoms with Crippen LogP contribution in [0, 0.1) is 0 Å². The number of carbonyl (C=O) groups is 1. The molecule has 0 aromatic heterocycles. The first-order chi connectivity index (χ1) is 9.81. The molecule has 0 heterocycles. The van der Waals surface area contributed by atoms with Crippen molar-refractivity contribution in [3.05, 3.63) is 12.3 Å². The number of hydrogen-bond acceptors (Lipinski definition) is 3. The maximum absolute atomic E-state index is 11.1. The van der Waals surface area contributed by atoms with E-state index in [1.807, 2.05) is 6.08 Å². The van der Waals surface area contributed by atoms with Gasteiger partial charge in [0.2, 0.25) is 0 Å². The van der Waals surface area contributed by atoms with Gasteiger partial charge in [-0.15, -0.1) is 0 Å². The summed E-state index contributed by atoms with van der Waals surface area (Å²) in [5.41, 5.74) is 0. The molecule has 0 unspecified atom stereocenters. The van der Waals surface area contributed by atoms with Crippen LogP contribution in [0.15, 0.2) is 12.3 Å². The predicted octanol–water partition coefficient (Wildman–Crippen LogP) is 5.98. The standard InChI is InChI=1S/C17H32O3/c1-3-5-7-8-9-10-11-12-13-14-16-20-17(18)19-15-6-4-2/h14,16H,3-13,15H2,1-2H3/b16-14+. The smallest absolute Gasteiger partial charge is 0.434 e. The van der Waals surface area contributed by atoms with E-state index in [2.05, 4.69) is 13.8 Å². The van der Waals surface area contributed by atoms with E-state index < -0.39 is 6.16 Å². The zero-order chi connectivity index (χ0) is 14.9. The maximum atomic E-state index is 11.1. The lowest BCUT2D eigenvalue weighted by molar-refractivity contribution is 0.0834. The number of unbranched alkanes of at least 4 members (excludes halogenated alkanes) is 9. The van der Waals surface area contributed by atoms with E-state index >= 15 is 0 Å². The molecule has 3 nitrogen and oxygen atoms in total. The summed E-state index contributed by atoms with van der Waals surface area (Å²) >= 11 is 0. The minimum absolute atomic E-state index is 0.446. The Bertz CT molecular complexity index is 236. The van der Waals surface area contributed by atoms with Crippen LogP contribution in [-0.2, 0) is 9.47 Å². The highest BCUT2D eigenvalue weighted by molar-refractivity contribution is 5.60. The Hall–Kier alpha value is -0.990. The van der Waals surface area contributed by atoms with Crippen LogP contribution in [0.5, 0.6) is 0 Å². The highest BCUT2D eigenvalue weighted by Crippen LogP contribution is 2.09. The van der Waals surface area contributed by atoms with Crippen LogP contribution in [0.4, 0.5) is 4.79 Å². The molecule has 0 atom stereocenters. The fourth-order valence-electron chi connectivity index (χ4n) is 1.90. The zero-order valence-electron chi connectivity index (χ0n) is 13.4. The zero-order valence-corrected chi connectivity index (χ0v) is 13.4. The first-order valence-electron chi connectivity index (χ1n) is 8.29. The van der Waals surface area contributed by atoms with Crippen molar-refractivity contribution >= 4 is 6.16 Å². The lowest BCUT2D eigenvalue weighted by atomic mass is 10.1. The van der Waals surface area contributed by atoms with E-state index in [-0.39, 0.29) is 0 Å². The van der Waals surface area contributed by atoms with Crippen molar-refractivity contribution in [2.75, 3.05) is 6.61 Å². The van der Waals surface area contributed by atoms with Gasteiger partial charge in [0.25, 0.3) is 0 Å². The van der Waals surface area contributed by atoms with Crippen molar-refractivity contribution in [1.29, 1.82) is 0 Å². The van der Waals surface area contributed by atoms with Crippen LogP contribution in [0.1, 0.15) is 84.5 Å². The lowest BCUT2D eigenvalue weighted by Gasteiger charge is -2.01. The summed E-state index contributed by atoms with van der Waals surface area (Å²) in [6.45, 7) is 4.74. The summed E-state index contributed by atoms with van der Waals surface area (Å²) in [4.78, 5) is 11.1.